The van der Waals surface area contributed by atoms with Crippen LogP contribution in [0.25, 0.3) is 0 Å². The minimum Gasteiger partial charge on any atom is -0.503 e. The SMILES string of the molecule is CCCCCOC(=O)c1c(O)c(O)c(OC)c(OC)c1OC. The first-order valence-corrected chi connectivity index (χ1v) is 6.94. The van der Waals surface area contributed by atoms with Gasteiger partial charge in [0.15, 0.2) is 17.1 Å². The van der Waals surface area contributed by atoms with Crippen molar-refractivity contribution in [1.29, 1.82) is 0 Å². The molecule has 0 spiro atoms. The first-order valence-electron chi connectivity index (χ1n) is 6.94. The smallest absolute Gasteiger partial charge is 0.346 e. The third-order valence-electron chi connectivity index (χ3n) is 3.11. The molecule has 1 aromatic carbocycles. The number of ether oxygens (including phenoxy) is 4. The van der Waals surface area contributed by atoms with Gasteiger partial charge in [0, 0.05) is 0 Å². The van der Waals surface area contributed by atoms with E-state index >= 15 is 0 Å². The second-order valence-electron chi connectivity index (χ2n) is 4.51. The first kappa shape index (κ1) is 17.7. The summed E-state index contributed by atoms with van der Waals surface area (Å²) in [5.74, 6) is -2.27. The predicted octanol–water partition coefficient (Wildman–Crippen LogP) is 2.47. The molecule has 0 aromatic heterocycles. The average Bonchev–Trinajstić information content (AvgIpc) is 2.52. The van der Waals surface area contributed by atoms with Gasteiger partial charge in [0.05, 0.1) is 27.9 Å². The zero-order valence-corrected chi connectivity index (χ0v) is 13.3. The van der Waals surface area contributed by atoms with E-state index in [1.165, 1.54) is 21.3 Å². The van der Waals surface area contributed by atoms with E-state index < -0.39 is 17.5 Å². The molecule has 0 saturated heterocycles. The summed E-state index contributed by atoms with van der Waals surface area (Å²) in [5, 5.41) is 20.0. The molecular formula is C15H22O7. The molecule has 0 unspecified atom stereocenters. The molecular weight excluding hydrogens is 292 g/mol. The fourth-order valence-corrected chi connectivity index (χ4v) is 2.01. The number of methoxy groups -OCH3 is 3. The lowest BCUT2D eigenvalue weighted by Gasteiger charge is -2.18. The number of carbonyl (C=O) groups is 1. The summed E-state index contributed by atoms with van der Waals surface area (Å²) >= 11 is 0. The van der Waals surface area contributed by atoms with Crippen LogP contribution in [0.1, 0.15) is 36.5 Å². The third kappa shape index (κ3) is 3.47. The van der Waals surface area contributed by atoms with E-state index in [9.17, 15) is 15.0 Å². The van der Waals surface area contributed by atoms with Gasteiger partial charge in [-0.25, -0.2) is 4.79 Å². The predicted molar refractivity (Wildman–Crippen MR) is 79.2 cm³/mol. The molecule has 0 radical (unpaired) electrons. The Morgan fingerprint density at radius 3 is 2.00 bits per heavy atom. The van der Waals surface area contributed by atoms with E-state index in [1.54, 1.807) is 0 Å². The van der Waals surface area contributed by atoms with Crippen LogP contribution in [-0.4, -0.2) is 44.1 Å². The van der Waals surface area contributed by atoms with Crippen LogP contribution >= 0.6 is 0 Å². The molecule has 0 fully saturated rings. The Balaban J connectivity index is 3.23. The van der Waals surface area contributed by atoms with Crippen molar-refractivity contribution in [3.05, 3.63) is 5.56 Å². The average molecular weight is 314 g/mol. The molecule has 0 atom stereocenters. The maximum atomic E-state index is 12.2. The normalized spacial score (nSPS) is 10.2. The quantitative estimate of drug-likeness (QED) is 0.432. The van der Waals surface area contributed by atoms with Gasteiger partial charge in [-0.2, -0.15) is 0 Å². The number of hydrogen-bond acceptors (Lipinski definition) is 7. The molecule has 124 valence electrons. The Morgan fingerprint density at radius 1 is 0.909 bits per heavy atom. The highest BCUT2D eigenvalue weighted by atomic mass is 16.5. The summed E-state index contributed by atoms with van der Waals surface area (Å²) < 4.78 is 20.3. The van der Waals surface area contributed by atoms with Crippen molar-refractivity contribution in [3.8, 4) is 28.7 Å². The summed E-state index contributed by atoms with van der Waals surface area (Å²) in [6, 6.07) is 0. The Bertz CT molecular complexity index is 525. The molecule has 22 heavy (non-hydrogen) atoms. The van der Waals surface area contributed by atoms with E-state index in [4.69, 9.17) is 18.9 Å². The lowest BCUT2D eigenvalue weighted by Crippen LogP contribution is -2.10. The number of phenolic OH excluding ortho intramolecular Hbond substituents is 2. The number of esters is 1. The molecule has 2 N–H and O–H groups in total. The maximum Gasteiger partial charge on any atom is 0.346 e. The minimum absolute atomic E-state index is 0.000748. The molecule has 0 amide bonds. The fraction of sp³-hybridized carbons (Fsp3) is 0.533. The Labute approximate surface area is 129 Å². The molecule has 0 aliphatic heterocycles. The molecule has 0 aliphatic carbocycles. The third-order valence-corrected chi connectivity index (χ3v) is 3.11. The van der Waals surface area contributed by atoms with Crippen LogP contribution in [0.4, 0.5) is 0 Å². The largest absolute Gasteiger partial charge is 0.503 e. The number of unbranched alkanes of at least 4 members (excludes halogenated alkanes) is 2. The molecule has 7 heteroatoms. The van der Waals surface area contributed by atoms with Gasteiger partial charge in [0.2, 0.25) is 17.2 Å². The molecule has 0 aliphatic rings. The molecule has 0 heterocycles. The van der Waals surface area contributed by atoms with Gasteiger partial charge in [-0.15, -0.1) is 0 Å². The van der Waals surface area contributed by atoms with E-state index in [1.807, 2.05) is 6.92 Å². The summed E-state index contributed by atoms with van der Waals surface area (Å²) in [4.78, 5) is 12.2. The van der Waals surface area contributed by atoms with Crippen LogP contribution in [0.3, 0.4) is 0 Å². The highest BCUT2D eigenvalue weighted by Gasteiger charge is 2.31. The number of carbonyl (C=O) groups excluding carboxylic acids is 1. The van der Waals surface area contributed by atoms with Gasteiger partial charge < -0.3 is 29.2 Å². The van der Waals surface area contributed by atoms with Crippen LogP contribution < -0.4 is 14.2 Å². The van der Waals surface area contributed by atoms with Crippen molar-refractivity contribution < 1.29 is 34.0 Å². The Hall–Kier alpha value is -2.31. The summed E-state index contributed by atoms with van der Waals surface area (Å²) in [6.07, 6.45) is 2.63. The van der Waals surface area contributed by atoms with Crippen LogP contribution in [-0.2, 0) is 4.74 Å². The highest BCUT2D eigenvalue weighted by Crippen LogP contribution is 2.52. The van der Waals surface area contributed by atoms with Gasteiger partial charge in [0.25, 0.3) is 0 Å². The summed E-state index contributed by atoms with van der Waals surface area (Å²) in [5.41, 5.74) is -0.297. The lowest BCUT2D eigenvalue weighted by atomic mass is 10.1. The zero-order chi connectivity index (χ0) is 16.7. The van der Waals surface area contributed by atoms with E-state index in [0.29, 0.717) is 6.42 Å². The van der Waals surface area contributed by atoms with Gasteiger partial charge in [-0.1, -0.05) is 19.8 Å². The zero-order valence-electron chi connectivity index (χ0n) is 13.3. The van der Waals surface area contributed by atoms with Gasteiger partial charge in [-0.05, 0) is 6.42 Å². The van der Waals surface area contributed by atoms with Crippen LogP contribution in [0, 0.1) is 0 Å². The molecule has 0 saturated carbocycles. The molecule has 1 rings (SSSR count). The number of hydrogen-bond donors (Lipinski definition) is 2. The highest BCUT2D eigenvalue weighted by molar-refractivity contribution is 5.99. The number of benzene rings is 1. The van der Waals surface area contributed by atoms with Gasteiger partial charge in [-0.3, -0.25) is 0 Å². The second kappa shape index (κ2) is 8.21. The van der Waals surface area contributed by atoms with Crippen molar-refractivity contribution in [2.75, 3.05) is 27.9 Å². The Kier molecular flexibility index (Phi) is 6.62. The minimum atomic E-state index is -0.804. The monoisotopic (exact) mass is 314 g/mol. The maximum absolute atomic E-state index is 12.2. The van der Waals surface area contributed by atoms with Crippen LogP contribution in [0.2, 0.25) is 0 Å². The topological polar surface area (TPSA) is 94.5 Å². The Morgan fingerprint density at radius 2 is 1.50 bits per heavy atom. The number of phenols is 2. The molecule has 7 nitrogen and oxygen atoms in total. The summed E-state index contributed by atoms with van der Waals surface area (Å²) in [7, 11) is 3.92. The van der Waals surface area contributed by atoms with Crippen LogP contribution in [0.5, 0.6) is 28.7 Å². The lowest BCUT2D eigenvalue weighted by molar-refractivity contribution is 0.0489. The number of aromatic hydroxyl groups is 2. The van der Waals surface area contributed by atoms with Crippen molar-refractivity contribution in [3.63, 3.8) is 0 Å². The standard InChI is InChI=1S/C15H22O7/c1-5-6-7-8-22-15(18)9-10(16)11(17)13(20-3)14(21-4)12(9)19-2/h16-17H,5-8H2,1-4H3. The van der Waals surface area contributed by atoms with Crippen LogP contribution in [0.15, 0.2) is 0 Å². The summed E-state index contributed by atoms with van der Waals surface area (Å²) in [6.45, 7) is 2.24. The van der Waals surface area contributed by atoms with Crippen molar-refractivity contribution in [1.82, 2.24) is 0 Å². The van der Waals surface area contributed by atoms with Crippen molar-refractivity contribution in [2.45, 2.75) is 26.2 Å². The van der Waals surface area contributed by atoms with E-state index in [0.717, 1.165) is 12.8 Å². The second-order valence-corrected chi connectivity index (χ2v) is 4.51. The van der Waals surface area contributed by atoms with Gasteiger partial charge in [0.1, 0.15) is 0 Å². The fourth-order valence-electron chi connectivity index (χ4n) is 2.01. The first-order chi connectivity index (χ1) is 10.5. The van der Waals surface area contributed by atoms with E-state index in [-0.39, 0.29) is 29.4 Å². The molecule has 1 aromatic rings. The van der Waals surface area contributed by atoms with Crippen molar-refractivity contribution in [2.24, 2.45) is 0 Å². The molecule has 0 bridgehead atoms. The van der Waals surface area contributed by atoms with E-state index in [2.05, 4.69) is 0 Å². The van der Waals surface area contributed by atoms with Crippen molar-refractivity contribution >= 4 is 5.97 Å². The van der Waals surface area contributed by atoms with Gasteiger partial charge >= 0.3 is 5.97 Å². The number of rotatable bonds is 8.